The number of methoxy groups -OCH3 is 1. The third kappa shape index (κ3) is 4.03. The van der Waals surface area contributed by atoms with Gasteiger partial charge in [-0.15, -0.1) is 0 Å². The molecule has 0 radical (unpaired) electrons. The van der Waals surface area contributed by atoms with Gasteiger partial charge in [-0.05, 0) is 31.9 Å². The van der Waals surface area contributed by atoms with Crippen molar-refractivity contribution < 1.29 is 26.3 Å². The minimum Gasteiger partial charge on any atom is -0.380 e. The Morgan fingerprint density at radius 1 is 1.28 bits per heavy atom. The van der Waals surface area contributed by atoms with Crippen molar-refractivity contribution in [2.24, 2.45) is 5.92 Å². The highest BCUT2D eigenvalue weighted by Crippen LogP contribution is 2.37. The van der Waals surface area contributed by atoms with Gasteiger partial charge in [-0.3, -0.25) is 10.9 Å². The van der Waals surface area contributed by atoms with Crippen molar-refractivity contribution in [2.75, 3.05) is 14.2 Å². The highest BCUT2D eigenvalue weighted by atomic mass is 32.2. The zero-order chi connectivity index (χ0) is 23.3. The Labute approximate surface area is 184 Å². The number of hydrazine groups is 1. The molecule has 1 saturated heterocycles. The minimum absolute atomic E-state index is 0.0198. The molecular weight excluding hydrogens is 449 g/mol. The Hall–Kier alpha value is -2.06. The average molecular weight is 475 g/mol. The van der Waals surface area contributed by atoms with Gasteiger partial charge in [0, 0.05) is 38.4 Å². The van der Waals surface area contributed by atoms with Gasteiger partial charge in [-0.2, -0.15) is 22.6 Å². The van der Waals surface area contributed by atoms with Gasteiger partial charge in [-0.1, -0.05) is 0 Å². The molecule has 32 heavy (non-hydrogen) atoms. The number of pyridine rings is 1. The molecule has 2 fully saturated rings. The predicted molar refractivity (Wildman–Crippen MR) is 108 cm³/mol. The monoisotopic (exact) mass is 474 g/mol. The van der Waals surface area contributed by atoms with E-state index in [1.54, 1.807) is 7.11 Å². The largest absolute Gasteiger partial charge is 0.416 e. The number of rotatable bonds is 5. The van der Waals surface area contributed by atoms with E-state index in [1.165, 1.54) is 17.5 Å². The maximum absolute atomic E-state index is 13.4. The minimum atomic E-state index is -4.55. The van der Waals surface area contributed by atoms with Crippen LogP contribution in [0.25, 0.3) is 5.82 Å². The van der Waals surface area contributed by atoms with Crippen LogP contribution in [0, 0.1) is 5.92 Å². The fraction of sp³-hybridized carbons (Fsp3) is 0.579. The summed E-state index contributed by atoms with van der Waals surface area (Å²) < 4.78 is 73.9. The lowest BCUT2D eigenvalue weighted by atomic mass is 9.76. The standard InChI is InChI=1S/C19H25F3N6O3S/c1-11-17-14(26-25-11)4-5-15(31-3)18(17)27(2)32(29,30)13-9-24-28(10-13)16-8-12(6-7-23-16)19(20,21)22/h6-11,14-15,17-18,25-26H,4-5H2,1-3H3. The Kier molecular flexibility index (Phi) is 6.05. The number of nitrogens with one attached hydrogen (secondary N) is 2. The molecule has 9 nitrogen and oxygen atoms in total. The van der Waals surface area contributed by atoms with Crippen molar-refractivity contribution in [3.05, 3.63) is 36.3 Å². The molecule has 176 valence electrons. The first-order valence-corrected chi connectivity index (χ1v) is 11.6. The Balaban J connectivity index is 1.65. The number of fused-ring (bicyclic) bond motifs is 1. The first-order chi connectivity index (χ1) is 15.0. The molecule has 13 heteroatoms. The third-order valence-electron chi connectivity index (χ3n) is 6.34. The maximum atomic E-state index is 13.4. The van der Waals surface area contributed by atoms with Crippen LogP contribution in [-0.2, 0) is 20.9 Å². The van der Waals surface area contributed by atoms with Crippen LogP contribution in [0.15, 0.2) is 35.6 Å². The summed E-state index contributed by atoms with van der Waals surface area (Å²) in [5.41, 5.74) is 5.51. The van der Waals surface area contributed by atoms with Gasteiger partial charge >= 0.3 is 6.18 Å². The van der Waals surface area contributed by atoms with Crippen LogP contribution in [0.3, 0.4) is 0 Å². The molecule has 5 atom stereocenters. The van der Waals surface area contributed by atoms with Crippen LogP contribution in [0.1, 0.15) is 25.3 Å². The Bertz CT molecular complexity index is 1080. The van der Waals surface area contributed by atoms with Crippen LogP contribution in [0.4, 0.5) is 13.2 Å². The van der Waals surface area contributed by atoms with Gasteiger partial charge in [0.15, 0.2) is 5.82 Å². The van der Waals surface area contributed by atoms with E-state index in [1.807, 2.05) is 6.92 Å². The molecule has 2 aliphatic rings. The number of halogens is 3. The molecule has 0 amide bonds. The summed E-state index contributed by atoms with van der Waals surface area (Å²) in [6.45, 7) is 1.99. The molecule has 1 aliphatic carbocycles. The topological polar surface area (TPSA) is 101 Å². The number of likely N-dealkylation sites (N-methyl/N-ethyl adjacent to an activating group) is 1. The van der Waals surface area contributed by atoms with Gasteiger partial charge in [0.05, 0.1) is 30.1 Å². The first-order valence-electron chi connectivity index (χ1n) is 10.1. The van der Waals surface area contributed by atoms with E-state index in [-0.39, 0.29) is 34.8 Å². The molecule has 2 aromatic rings. The van der Waals surface area contributed by atoms with Crippen molar-refractivity contribution in [1.29, 1.82) is 0 Å². The molecule has 1 aliphatic heterocycles. The van der Waals surface area contributed by atoms with E-state index in [0.29, 0.717) is 6.42 Å². The smallest absolute Gasteiger partial charge is 0.380 e. The third-order valence-corrected chi connectivity index (χ3v) is 8.15. The van der Waals surface area contributed by atoms with Gasteiger partial charge in [0.2, 0.25) is 10.0 Å². The lowest BCUT2D eigenvalue weighted by Gasteiger charge is -2.43. The number of hydrogen-bond acceptors (Lipinski definition) is 7. The van der Waals surface area contributed by atoms with Crippen LogP contribution < -0.4 is 10.9 Å². The van der Waals surface area contributed by atoms with E-state index in [0.717, 1.165) is 35.6 Å². The van der Waals surface area contributed by atoms with Crippen LogP contribution >= 0.6 is 0 Å². The molecule has 3 heterocycles. The Morgan fingerprint density at radius 3 is 2.72 bits per heavy atom. The second kappa shape index (κ2) is 8.37. The van der Waals surface area contributed by atoms with E-state index in [2.05, 4.69) is 20.9 Å². The molecule has 0 bridgehead atoms. The van der Waals surface area contributed by atoms with Crippen molar-refractivity contribution in [1.82, 2.24) is 29.9 Å². The molecule has 0 spiro atoms. The lowest BCUT2D eigenvalue weighted by Crippen LogP contribution is -2.57. The fourth-order valence-electron chi connectivity index (χ4n) is 4.69. The van der Waals surface area contributed by atoms with Crippen molar-refractivity contribution in [2.45, 2.75) is 55.1 Å². The number of ether oxygens (including phenoxy) is 1. The van der Waals surface area contributed by atoms with E-state index in [9.17, 15) is 21.6 Å². The van der Waals surface area contributed by atoms with E-state index in [4.69, 9.17) is 4.74 Å². The second-order valence-corrected chi connectivity index (χ2v) is 10.1. The summed E-state index contributed by atoms with van der Waals surface area (Å²) in [5, 5.41) is 3.95. The molecular formula is C19H25F3N6O3S. The number of nitrogens with zero attached hydrogens (tertiary/aromatic N) is 4. The average Bonchev–Trinajstić information content (AvgIpc) is 3.40. The number of alkyl halides is 3. The molecule has 2 N–H and O–H groups in total. The number of hydrogen-bond donors (Lipinski definition) is 2. The van der Waals surface area contributed by atoms with Crippen molar-refractivity contribution in [3.63, 3.8) is 0 Å². The quantitative estimate of drug-likeness (QED) is 0.678. The van der Waals surface area contributed by atoms with E-state index >= 15 is 0 Å². The number of aromatic nitrogens is 3. The summed E-state index contributed by atoms with van der Waals surface area (Å²) >= 11 is 0. The van der Waals surface area contributed by atoms with Crippen LogP contribution in [-0.4, -0.2) is 65.9 Å². The summed E-state index contributed by atoms with van der Waals surface area (Å²) in [7, 11) is -0.940. The zero-order valence-corrected chi connectivity index (χ0v) is 18.6. The van der Waals surface area contributed by atoms with Crippen LogP contribution in [0.2, 0.25) is 0 Å². The molecule has 5 unspecified atom stereocenters. The van der Waals surface area contributed by atoms with Crippen molar-refractivity contribution in [3.8, 4) is 5.82 Å². The lowest BCUT2D eigenvalue weighted by molar-refractivity contribution is -0.137. The summed E-state index contributed by atoms with van der Waals surface area (Å²) in [5.74, 6) is -0.150. The Morgan fingerprint density at radius 2 is 2.03 bits per heavy atom. The molecule has 1 saturated carbocycles. The van der Waals surface area contributed by atoms with Crippen molar-refractivity contribution >= 4 is 10.0 Å². The predicted octanol–water partition coefficient (Wildman–Crippen LogP) is 1.57. The normalized spacial score (nSPS) is 28.8. The van der Waals surface area contributed by atoms with Gasteiger partial charge in [-0.25, -0.2) is 18.1 Å². The zero-order valence-electron chi connectivity index (χ0n) is 17.7. The maximum Gasteiger partial charge on any atom is 0.416 e. The molecule has 2 aromatic heterocycles. The van der Waals surface area contributed by atoms with Gasteiger partial charge in [0.25, 0.3) is 0 Å². The number of sulfonamides is 1. The summed E-state index contributed by atoms with van der Waals surface area (Å²) in [6, 6.07) is 1.36. The first kappa shape index (κ1) is 23.1. The highest BCUT2D eigenvalue weighted by Gasteiger charge is 2.50. The highest BCUT2D eigenvalue weighted by molar-refractivity contribution is 7.89. The van der Waals surface area contributed by atoms with E-state index < -0.39 is 27.8 Å². The summed E-state index contributed by atoms with van der Waals surface area (Å²) in [4.78, 5) is 3.75. The molecule has 0 aromatic carbocycles. The fourth-order valence-corrected chi connectivity index (χ4v) is 6.03. The van der Waals surface area contributed by atoms with Gasteiger partial charge in [0.1, 0.15) is 4.90 Å². The molecule has 4 rings (SSSR count). The second-order valence-electron chi connectivity index (χ2n) is 8.15. The SMILES string of the molecule is COC1CCC2NNC(C)C2C1N(C)S(=O)(=O)c1cnn(-c2cc(C(F)(F)F)ccn2)c1. The van der Waals surface area contributed by atoms with Crippen LogP contribution in [0.5, 0.6) is 0 Å². The summed E-state index contributed by atoms with van der Waals surface area (Å²) in [6.07, 6.45) is -0.00343. The van der Waals surface area contributed by atoms with Gasteiger partial charge < -0.3 is 4.74 Å².